The van der Waals surface area contributed by atoms with Gasteiger partial charge in [-0.15, -0.1) is 0 Å². The third-order valence-corrected chi connectivity index (χ3v) is 4.22. The number of halogens is 1. The van der Waals surface area contributed by atoms with Crippen LogP contribution in [0.5, 0.6) is 0 Å². The number of aromatic nitrogens is 5. The molecule has 0 saturated carbocycles. The molecule has 8 nitrogen and oxygen atoms in total. The molecule has 128 valence electrons. The standard InChI is InChI=1S/C16H15FN6O2/c17-12-3-1-2-10-6-7-23(8-11(10)12)14(24)5-4-13-20-16(22-25-13)15-18-9-19-21-15/h1-3,9H,4-8H2,(H,18,19,21). The summed E-state index contributed by atoms with van der Waals surface area (Å²) in [7, 11) is 0. The van der Waals surface area contributed by atoms with Crippen molar-refractivity contribution < 1.29 is 13.7 Å². The molecule has 4 rings (SSSR count). The number of H-pyrrole nitrogens is 1. The van der Waals surface area contributed by atoms with Crippen molar-refractivity contribution in [2.75, 3.05) is 6.54 Å². The van der Waals surface area contributed by atoms with E-state index in [1.54, 1.807) is 11.0 Å². The second kappa shape index (κ2) is 6.42. The van der Waals surface area contributed by atoms with Gasteiger partial charge in [0.25, 0.3) is 0 Å². The fraction of sp³-hybridized carbons (Fsp3) is 0.312. The lowest BCUT2D eigenvalue weighted by Gasteiger charge is -2.29. The minimum absolute atomic E-state index is 0.0617. The van der Waals surface area contributed by atoms with Crippen LogP contribution in [0.3, 0.4) is 0 Å². The number of amides is 1. The van der Waals surface area contributed by atoms with Gasteiger partial charge in [-0.05, 0) is 18.1 Å². The van der Waals surface area contributed by atoms with Gasteiger partial charge in [-0.2, -0.15) is 10.1 Å². The van der Waals surface area contributed by atoms with Crippen LogP contribution in [0.1, 0.15) is 23.4 Å². The molecule has 0 fully saturated rings. The van der Waals surface area contributed by atoms with E-state index in [1.807, 2.05) is 6.07 Å². The molecule has 3 aromatic rings. The molecule has 0 aliphatic carbocycles. The van der Waals surface area contributed by atoms with Crippen molar-refractivity contribution >= 4 is 5.91 Å². The normalized spacial score (nSPS) is 13.7. The van der Waals surface area contributed by atoms with E-state index in [4.69, 9.17) is 4.52 Å². The van der Waals surface area contributed by atoms with Gasteiger partial charge in [0.05, 0.1) is 0 Å². The maximum absolute atomic E-state index is 13.9. The lowest BCUT2D eigenvalue weighted by atomic mass is 9.99. The van der Waals surface area contributed by atoms with Crippen LogP contribution < -0.4 is 0 Å². The summed E-state index contributed by atoms with van der Waals surface area (Å²) in [6, 6.07) is 5.04. The summed E-state index contributed by atoms with van der Waals surface area (Å²) in [5.41, 5.74) is 1.57. The molecule has 0 unspecified atom stereocenters. The highest BCUT2D eigenvalue weighted by atomic mass is 19.1. The SMILES string of the molecule is O=C(CCc1nc(-c2ncn[nH]2)no1)N1CCc2cccc(F)c2C1. The highest BCUT2D eigenvalue weighted by Crippen LogP contribution is 2.22. The Kier molecular flexibility index (Phi) is 3.96. The molecule has 1 aliphatic rings. The molecule has 9 heteroatoms. The van der Waals surface area contributed by atoms with Crippen molar-refractivity contribution in [3.8, 4) is 11.6 Å². The number of carbonyl (C=O) groups excluding carboxylic acids is 1. The summed E-state index contributed by atoms with van der Waals surface area (Å²) in [5, 5.41) is 10.2. The van der Waals surface area contributed by atoms with Crippen molar-refractivity contribution in [1.29, 1.82) is 0 Å². The van der Waals surface area contributed by atoms with E-state index >= 15 is 0 Å². The molecule has 0 atom stereocenters. The summed E-state index contributed by atoms with van der Waals surface area (Å²) >= 11 is 0. The van der Waals surface area contributed by atoms with Crippen molar-refractivity contribution in [3.63, 3.8) is 0 Å². The van der Waals surface area contributed by atoms with Crippen molar-refractivity contribution in [2.45, 2.75) is 25.8 Å². The minimum Gasteiger partial charge on any atom is -0.339 e. The summed E-state index contributed by atoms with van der Waals surface area (Å²) in [5.74, 6) is 0.735. The van der Waals surface area contributed by atoms with Gasteiger partial charge in [0.2, 0.25) is 17.6 Å². The Morgan fingerprint density at radius 2 is 2.32 bits per heavy atom. The van der Waals surface area contributed by atoms with Gasteiger partial charge < -0.3 is 9.42 Å². The number of hydrogen-bond donors (Lipinski definition) is 1. The smallest absolute Gasteiger partial charge is 0.239 e. The summed E-state index contributed by atoms with van der Waals surface area (Å²) < 4.78 is 19.0. The quantitative estimate of drug-likeness (QED) is 0.771. The van der Waals surface area contributed by atoms with Crippen LogP contribution in [0.4, 0.5) is 4.39 Å². The van der Waals surface area contributed by atoms with E-state index in [1.165, 1.54) is 12.4 Å². The van der Waals surface area contributed by atoms with Crippen LogP contribution in [-0.4, -0.2) is 42.7 Å². The van der Waals surface area contributed by atoms with Gasteiger partial charge in [0, 0.05) is 31.5 Å². The Balaban J connectivity index is 1.38. The molecule has 0 bridgehead atoms. The molecule has 0 spiro atoms. The van der Waals surface area contributed by atoms with Crippen LogP contribution in [-0.2, 0) is 24.2 Å². The maximum atomic E-state index is 13.9. The van der Waals surface area contributed by atoms with E-state index in [-0.39, 0.29) is 18.1 Å². The van der Waals surface area contributed by atoms with Crippen molar-refractivity contribution in [1.82, 2.24) is 30.2 Å². The first kappa shape index (κ1) is 15.4. The Morgan fingerprint density at radius 3 is 3.16 bits per heavy atom. The third-order valence-electron chi connectivity index (χ3n) is 4.22. The van der Waals surface area contributed by atoms with Gasteiger partial charge >= 0.3 is 0 Å². The molecule has 1 amide bonds. The predicted molar refractivity (Wildman–Crippen MR) is 83.5 cm³/mol. The van der Waals surface area contributed by atoms with Gasteiger partial charge in [-0.1, -0.05) is 17.3 Å². The molecule has 2 aromatic heterocycles. The first-order valence-corrected chi connectivity index (χ1v) is 7.93. The second-order valence-electron chi connectivity index (χ2n) is 5.79. The second-order valence-corrected chi connectivity index (χ2v) is 5.79. The summed E-state index contributed by atoms with van der Waals surface area (Å²) in [6.45, 7) is 0.885. The van der Waals surface area contributed by atoms with E-state index in [2.05, 4.69) is 25.3 Å². The number of benzene rings is 1. The Morgan fingerprint density at radius 1 is 1.40 bits per heavy atom. The molecule has 25 heavy (non-hydrogen) atoms. The minimum atomic E-state index is -0.261. The monoisotopic (exact) mass is 342 g/mol. The number of aromatic amines is 1. The molecule has 3 heterocycles. The third kappa shape index (κ3) is 3.12. The van der Waals surface area contributed by atoms with E-state index in [0.717, 1.165) is 5.56 Å². The molecule has 0 radical (unpaired) electrons. The number of rotatable bonds is 4. The topological polar surface area (TPSA) is 101 Å². The van der Waals surface area contributed by atoms with Crippen LogP contribution in [0.2, 0.25) is 0 Å². The first-order valence-electron chi connectivity index (χ1n) is 7.93. The first-order chi connectivity index (χ1) is 12.2. The number of fused-ring (bicyclic) bond motifs is 1. The zero-order valence-electron chi connectivity index (χ0n) is 13.3. The summed E-state index contributed by atoms with van der Waals surface area (Å²) in [6.07, 6.45) is 2.56. The van der Waals surface area contributed by atoms with E-state index in [0.29, 0.717) is 49.0 Å². The number of nitrogens with one attached hydrogen (secondary N) is 1. The average Bonchev–Trinajstić information content (AvgIpc) is 3.31. The zero-order valence-corrected chi connectivity index (χ0v) is 13.3. The van der Waals surface area contributed by atoms with Gasteiger partial charge in [0.1, 0.15) is 12.1 Å². The molecule has 1 N–H and O–H groups in total. The van der Waals surface area contributed by atoms with Crippen molar-refractivity contribution in [3.05, 3.63) is 47.4 Å². The lowest BCUT2D eigenvalue weighted by Crippen LogP contribution is -2.36. The van der Waals surface area contributed by atoms with Crippen LogP contribution in [0.15, 0.2) is 29.0 Å². The Bertz CT molecular complexity index is 892. The number of hydrogen-bond acceptors (Lipinski definition) is 6. The number of carbonyl (C=O) groups is 1. The number of aryl methyl sites for hydroxylation is 1. The summed E-state index contributed by atoms with van der Waals surface area (Å²) in [4.78, 5) is 22.2. The highest BCUT2D eigenvalue weighted by molar-refractivity contribution is 5.76. The largest absolute Gasteiger partial charge is 0.339 e. The molecule has 1 aromatic carbocycles. The fourth-order valence-corrected chi connectivity index (χ4v) is 2.89. The molecule has 1 aliphatic heterocycles. The maximum Gasteiger partial charge on any atom is 0.239 e. The van der Waals surface area contributed by atoms with Crippen LogP contribution >= 0.6 is 0 Å². The predicted octanol–water partition coefficient (Wildman–Crippen LogP) is 1.51. The molecular weight excluding hydrogens is 327 g/mol. The van der Waals surface area contributed by atoms with E-state index in [9.17, 15) is 9.18 Å². The molecule has 0 saturated heterocycles. The Hall–Kier alpha value is -3.10. The lowest BCUT2D eigenvalue weighted by molar-refractivity contribution is -0.132. The van der Waals surface area contributed by atoms with E-state index < -0.39 is 0 Å². The van der Waals surface area contributed by atoms with Gasteiger partial charge in [0.15, 0.2) is 5.82 Å². The average molecular weight is 342 g/mol. The van der Waals surface area contributed by atoms with Gasteiger partial charge in [-0.3, -0.25) is 9.89 Å². The van der Waals surface area contributed by atoms with Crippen molar-refractivity contribution in [2.24, 2.45) is 0 Å². The fourth-order valence-electron chi connectivity index (χ4n) is 2.89. The van der Waals surface area contributed by atoms with Gasteiger partial charge in [-0.25, -0.2) is 9.37 Å². The number of nitrogens with zero attached hydrogens (tertiary/aromatic N) is 5. The highest BCUT2D eigenvalue weighted by Gasteiger charge is 2.23. The zero-order chi connectivity index (χ0) is 17.2. The van der Waals surface area contributed by atoms with Crippen LogP contribution in [0, 0.1) is 5.82 Å². The Labute approximate surface area is 142 Å². The molecular formula is C16H15FN6O2. The van der Waals surface area contributed by atoms with Crippen LogP contribution in [0.25, 0.3) is 11.6 Å².